The van der Waals surface area contributed by atoms with E-state index < -0.39 is 5.97 Å². The van der Waals surface area contributed by atoms with Gasteiger partial charge in [-0.1, -0.05) is 0 Å². The average Bonchev–Trinajstić information content (AvgIpc) is 3.27. The summed E-state index contributed by atoms with van der Waals surface area (Å²) in [4.78, 5) is 25.0. The van der Waals surface area contributed by atoms with Crippen LogP contribution in [0.3, 0.4) is 0 Å². The summed E-state index contributed by atoms with van der Waals surface area (Å²) >= 11 is 0. The number of amides is 1. The van der Waals surface area contributed by atoms with Crippen molar-refractivity contribution in [1.82, 2.24) is 4.90 Å². The highest BCUT2D eigenvalue weighted by molar-refractivity contribution is 5.82. The van der Waals surface area contributed by atoms with Crippen LogP contribution >= 0.6 is 0 Å². The van der Waals surface area contributed by atoms with Crippen LogP contribution in [0, 0.1) is 23.7 Å². The monoisotopic (exact) mass is 265 g/mol. The summed E-state index contributed by atoms with van der Waals surface area (Å²) in [5, 5.41) is 8.74. The third-order valence-electron chi connectivity index (χ3n) is 4.98. The zero-order chi connectivity index (χ0) is 13.4. The predicted octanol–water partition coefficient (Wildman–Crippen LogP) is 2.14. The first-order valence-electron chi connectivity index (χ1n) is 7.65. The number of hydrogen-bond acceptors (Lipinski definition) is 2. The SMILES string of the molecule is O=C(O)CCC1CCCN(C(=O)C2CC2C2CC2)C1. The number of carboxylic acid groups (broad SMARTS) is 1. The molecule has 0 aromatic heterocycles. The fraction of sp³-hybridized carbons (Fsp3) is 0.867. The van der Waals surface area contributed by atoms with E-state index in [1.54, 1.807) is 0 Å². The fourth-order valence-electron chi connectivity index (χ4n) is 3.61. The van der Waals surface area contributed by atoms with Crippen LogP contribution in [-0.4, -0.2) is 35.0 Å². The number of hydrogen-bond donors (Lipinski definition) is 1. The maximum atomic E-state index is 12.4. The summed E-state index contributed by atoms with van der Waals surface area (Å²) < 4.78 is 0. The van der Waals surface area contributed by atoms with E-state index >= 15 is 0 Å². The van der Waals surface area contributed by atoms with Gasteiger partial charge in [0.1, 0.15) is 0 Å². The van der Waals surface area contributed by atoms with E-state index in [0.29, 0.717) is 23.7 Å². The highest BCUT2D eigenvalue weighted by Gasteiger charge is 2.52. The van der Waals surface area contributed by atoms with E-state index in [0.717, 1.165) is 44.7 Å². The molecule has 0 spiro atoms. The maximum Gasteiger partial charge on any atom is 0.303 e. The number of rotatable bonds is 5. The molecular weight excluding hydrogens is 242 g/mol. The first-order chi connectivity index (χ1) is 9.15. The first kappa shape index (κ1) is 12.9. The summed E-state index contributed by atoms with van der Waals surface area (Å²) in [6.45, 7) is 1.68. The largest absolute Gasteiger partial charge is 0.481 e. The molecule has 0 radical (unpaired) electrons. The van der Waals surface area contributed by atoms with Crippen LogP contribution in [0.5, 0.6) is 0 Å². The Morgan fingerprint density at radius 2 is 2.00 bits per heavy atom. The number of aliphatic carboxylic acids is 1. The van der Waals surface area contributed by atoms with Crippen LogP contribution in [0.2, 0.25) is 0 Å². The number of carbonyl (C=O) groups is 2. The first-order valence-corrected chi connectivity index (χ1v) is 7.65. The second-order valence-corrected chi connectivity index (χ2v) is 6.57. The summed E-state index contributed by atoms with van der Waals surface area (Å²) in [6, 6.07) is 0. The number of piperidine rings is 1. The minimum Gasteiger partial charge on any atom is -0.481 e. The Bertz CT molecular complexity index is 378. The third-order valence-corrected chi connectivity index (χ3v) is 4.98. The maximum absolute atomic E-state index is 12.4. The summed E-state index contributed by atoms with van der Waals surface area (Å²) in [7, 11) is 0. The van der Waals surface area contributed by atoms with Crippen LogP contribution in [0.15, 0.2) is 0 Å². The summed E-state index contributed by atoms with van der Waals surface area (Å²) in [5.74, 6) is 1.88. The molecule has 106 valence electrons. The van der Waals surface area contributed by atoms with E-state index in [1.807, 2.05) is 4.90 Å². The molecule has 0 aromatic rings. The molecule has 3 aliphatic rings. The van der Waals surface area contributed by atoms with Gasteiger partial charge < -0.3 is 10.0 Å². The molecule has 1 amide bonds. The van der Waals surface area contributed by atoms with E-state index in [1.165, 1.54) is 12.8 Å². The van der Waals surface area contributed by atoms with Gasteiger partial charge in [-0.05, 0) is 56.3 Å². The van der Waals surface area contributed by atoms with Gasteiger partial charge in [-0.2, -0.15) is 0 Å². The molecule has 0 bridgehead atoms. The molecule has 1 saturated heterocycles. The van der Waals surface area contributed by atoms with Crippen molar-refractivity contribution in [3.63, 3.8) is 0 Å². The lowest BCUT2D eigenvalue weighted by Crippen LogP contribution is -2.41. The molecule has 2 saturated carbocycles. The summed E-state index contributed by atoms with van der Waals surface area (Å²) in [5.41, 5.74) is 0. The molecule has 3 fully saturated rings. The molecule has 1 heterocycles. The Morgan fingerprint density at radius 1 is 1.21 bits per heavy atom. The zero-order valence-corrected chi connectivity index (χ0v) is 11.4. The van der Waals surface area contributed by atoms with E-state index in [2.05, 4.69) is 0 Å². The van der Waals surface area contributed by atoms with Gasteiger partial charge in [0.15, 0.2) is 0 Å². The van der Waals surface area contributed by atoms with Gasteiger partial charge >= 0.3 is 5.97 Å². The average molecular weight is 265 g/mol. The molecule has 0 aromatic carbocycles. The molecular formula is C15H23NO3. The lowest BCUT2D eigenvalue weighted by molar-refractivity contribution is -0.137. The lowest BCUT2D eigenvalue weighted by atomic mass is 9.93. The van der Waals surface area contributed by atoms with Crippen molar-refractivity contribution in [3.8, 4) is 0 Å². The van der Waals surface area contributed by atoms with Crippen LogP contribution in [0.4, 0.5) is 0 Å². The van der Waals surface area contributed by atoms with Crippen LogP contribution in [0.25, 0.3) is 0 Å². The van der Waals surface area contributed by atoms with Gasteiger partial charge in [-0.25, -0.2) is 0 Å². The topological polar surface area (TPSA) is 57.6 Å². The second-order valence-electron chi connectivity index (χ2n) is 6.57. The normalized spacial score (nSPS) is 34.1. The fourth-order valence-corrected chi connectivity index (χ4v) is 3.61. The molecule has 3 unspecified atom stereocenters. The van der Waals surface area contributed by atoms with E-state index in [9.17, 15) is 9.59 Å². The Balaban J connectivity index is 1.47. The Morgan fingerprint density at radius 3 is 2.68 bits per heavy atom. The van der Waals surface area contributed by atoms with Crippen molar-refractivity contribution in [1.29, 1.82) is 0 Å². The minimum absolute atomic E-state index is 0.237. The lowest BCUT2D eigenvalue weighted by Gasteiger charge is -2.33. The second kappa shape index (κ2) is 5.14. The molecule has 19 heavy (non-hydrogen) atoms. The Kier molecular flexibility index (Phi) is 3.50. The van der Waals surface area contributed by atoms with E-state index in [4.69, 9.17) is 5.11 Å². The number of likely N-dealkylation sites (tertiary alicyclic amines) is 1. The number of carbonyl (C=O) groups excluding carboxylic acids is 1. The molecule has 1 aliphatic heterocycles. The Hall–Kier alpha value is -1.06. The molecule has 3 atom stereocenters. The van der Waals surface area contributed by atoms with Gasteiger partial charge in [-0.3, -0.25) is 9.59 Å². The van der Waals surface area contributed by atoms with Gasteiger partial charge in [0.25, 0.3) is 0 Å². The molecule has 4 nitrogen and oxygen atoms in total. The highest BCUT2D eigenvalue weighted by Crippen LogP contribution is 2.55. The predicted molar refractivity (Wildman–Crippen MR) is 70.5 cm³/mol. The smallest absolute Gasteiger partial charge is 0.303 e. The molecule has 2 aliphatic carbocycles. The van der Waals surface area contributed by atoms with Gasteiger partial charge in [0.05, 0.1) is 0 Å². The van der Waals surface area contributed by atoms with Gasteiger partial charge in [0, 0.05) is 25.4 Å². The van der Waals surface area contributed by atoms with Crippen molar-refractivity contribution < 1.29 is 14.7 Å². The van der Waals surface area contributed by atoms with E-state index in [-0.39, 0.29) is 6.42 Å². The summed E-state index contributed by atoms with van der Waals surface area (Å²) in [6.07, 6.45) is 6.84. The molecule has 3 rings (SSSR count). The van der Waals surface area contributed by atoms with Crippen LogP contribution < -0.4 is 0 Å². The van der Waals surface area contributed by atoms with Crippen molar-refractivity contribution in [2.45, 2.75) is 44.9 Å². The van der Waals surface area contributed by atoms with Crippen molar-refractivity contribution in [2.24, 2.45) is 23.7 Å². The highest BCUT2D eigenvalue weighted by atomic mass is 16.4. The quantitative estimate of drug-likeness (QED) is 0.828. The number of carboxylic acids is 1. The van der Waals surface area contributed by atoms with Crippen molar-refractivity contribution in [2.75, 3.05) is 13.1 Å². The third kappa shape index (κ3) is 3.10. The Labute approximate surface area is 114 Å². The molecule has 4 heteroatoms. The van der Waals surface area contributed by atoms with Crippen molar-refractivity contribution in [3.05, 3.63) is 0 Å². The molecule has 1 N–H and O–H groups in total. The standard InChI is InChI=1S/C15H23NO3/c17-14(18)6-3-10-2-1-7-16(9-10)15(19)13-8-12(13)11-4-5-11/h10-13H,1-9H2,(H,17,18). The zero-order valence-electron chi connectivity index (χ0n) is 11.4. The van der Waals surface area contributed by atoms with Crippen LogP contribution in [-0.2, 0) is 9.59 Å². The number of nitrogens with zero attached hydrogens (tertiary/aromatic N) is 1. The minimum atomic E-state index is -0.723. The van der Waals surface area contributed by atoms with Gasteiger partial charge in [-0.15, -0.1) is 0 Å². The van der Waals surface area contributed by atoms with Gasteiger partial charge in [0.2, 0.25) is 5.91 Å². The van der Waals surface area contributed by atoms with Crippen LogP contribution in [0.1, 0.15) is 44.9 Å². The van der Waals surface area contributed by atoms with Crippen molar-refractivity contribution >= 4 is 11.9 Å².